The summed E-state index contributed by atoms with van der Waals surface area (Å²) in [5.41, 5.74) is 6.64. The number of halogens is 1. The molecule has 0 unspecified atom stereocenters. The minimum Gasteiger partial charge on any atom is -0.328 e. The highest BCUT2D eigenvalue weighted by molar-refractivity contribution is 6.30. The van der Waals surface area contributed by atoms with Gasteiger partial charge >= 0.3 is 0 Å². The van der Waals surface area contributed by atoms with Gasteiger partial charge in [0.1, 0.15) is 0 Å². The van der Waals surface area contributed by atoms with E-state index in [-0.39, 0.29) is 16.7 Å². The van der Waals surface area contributed by atoms with E-state index in [2.05, 4.69) is 4.90 Å². The molecule has 0 saturated carbocycles. The fraction of sp³-hybridized carbons (Fsp3) is 0.500. The van der Waals surface area contributed by atoms with Crippen LogP contribution >= 0.6 is 11.6 Å². The van der Waals surface area contributed by atoms with Gasteiger partial charge in [0.15, 0.2) is 0 Å². The van der Waals surface area contributed by atoms with Crippen LogP contribution in [0, 0.1) is 10.1 Å². The minimum atomic E-state index is -0.360. The first-order chi connectivity index (χ1) is 8.56. The van der Waals surface area contributed by atoms with Crippen LogP contribution < -0.4 is 5.73 Å². The molecule has 1 aromatic carbocycles. The fourth-order valence-corrected chi connectivity index (χ4v) is 2.41. The molecule has 1 aromatic rings. The maximum absolute atomic E-state index is 11.0. The van der Waals surface area contributed by atoms with Gasteiger partial charge in [-0.2, -0.15) is 0 Å². The molecule has 0 spiro atoms. The number of nitro benzene ring substituents is 1. The molecular weight excluding hydrogens is 254 g/mol. The molecule has 2 rings (SSSR count). The summed E-state index contributed by atoms with van der Waals surface area (Å²) < 4.78 is 0. The Bertz CT molecular complexity index is 445. The van der Waals surface area contributed by atoms with E-state index < -0.39 is 0 Å². The normalized spacial score (nSPS) is 17.9. The van der Waals surface area contributed by atoms with E-state index >= 15 is 0 Å². The van der Waals surface area contributed by atoms with Gasteiger partial charge in [-0.1, -0.05) is 11.6 Å². The highest BCUT2D eigenvalue weighted by Gasteiger charge is 2.20. The summed E-state index contributed by atoms with van der Waals surface area (Å²) >= 11 is 5.90. The Labute approximate surface area is 111 Å². The minimum absolute atomic E-state index is 0.134. The lowest BCUT2D eigenvalue weighted by molar-refractivity contribution is -0.385. The maximum Gasteiger partial charge on any atom is 0.273 e. The molecule has 1 aliphatic rings. The van der Waals surface area contributed by atoms with Gasteiger partial charge in [0.25, 0.3) is 5.69 Å². The van der Waals surface area contributed by atoms with Crippen molar-refractivity contribution in [3.05, 3.63) is 38.9 Å². The summed E-state index contributed by atoms with van der Waals surface area (Å²) in [4.78, 5) is 12.8. The van der Waals surface area contributed by atoms with Gasteiger partial charge in [0.2, 0.25) is 0 Å². The van der Waals surface area contributed by atoms with Crippen LogP contribution in [0.25, 0.3) is 0 Å². The van der Waals surface area contributed by atoms with Crippen LogP contribution in [0.4, 0.5) is 5.69 Å². The SMILES string of the molecule is NC1CCN(Cc2cc(Cl)ccc2[N+](=O)[O-])CC1. The van der Waals surface area contributed by atoms with Crippen molar-refractivity contribution >= 4 is 17.3 Å². The van der Waals surface area contributed by atoms with E-state index in [1.807, 2.05) is 0 Å². The molecule has 0 aromatic heterocycles. The summed E-state index contributed by atoms with van der Waals surface area (Å²) in [6.07, 6.45) is 1.88. The third-order valence-corrected chi connectivity index (χ3v) is 3.50. The number of piperidine rings is 1. The first-order valence-electron chi connectivity index (χ1n) is 5.97. The summed E-state index contributed by atoms with van der Waals surface area (Å²) in [6.45, 7) is 2.32. The molecule has 5 nitrogen and oxygen atoms in total. The van der Waals surface area contributed by atoms with Crippen molar-refractivity contribution in [1.29, 1.82) is 0 Å². The topological polar surface area (TPSA) is 72.4 Å². The van der Waals surface area contributed by atoms with Crippen LogP contribution in [0.2, 0.25) is 5.02 Å². The number of benzene rings is 1. The quantitative estimate of drug-likeness (QED) is 0.674. The fourth-order valence-electron chi connectivity index (χ4n) is 2.21. The number of nitrogens with two attached hydrogens (primary N) is 1. The molecular formula is C12H16ClN3O2. The molecule has 1 fully saturated rings. The van der Waals surface area contributed by atoms with Crippen molar-refractivity contribution in [1.82, 2.24) is 4.90 Å². The Balaban J connectivity index is 2.12. The van der Waals surface area contributed by atoms with Crippen LogP contribution in [-0.2, 0) is 6.54 Å². The van der Waals surface area contributed by atoms with Crippen LogP contribution in [-0.4, -0.2) is 29.0 Å². The Morgan fingerprint density at radius 2 is 2.11 bits per heavy atom. The number of hydrogen-bond acceptors (Lipinski definition) is 4. The van der Waals surface area contributed by atoms with Crippen LogP contribution in [0.15, 0.2) is 18.2 Å². The predicted molar refractivity (Wildman–Crippen MR) is 70.6 cm³/mol. The molecule has 6 heteroatoms. The summed E-state index contributed by atoms with van der Waals surface area (Å²) in [5.74, 6) is 0. The molecule has 1 heterocycles. The lowest BCUT2D eigenvalue weighted by atomic mass is 10.0. The number of nitro groups is 1. The number of likely N-dealkylation sites (tertiary alicyclic amines) is 1. The number of nitrogens with zero attached hydrogens (tertiary/aromatic N) is 2. The van der Waals surface area contributed by atoms with E-state index in [1.165, 1.54) is 6.07 Å². The molecule has 1 saturated heterocycles. The average Bonchev–Trinajstić information content (AvgIpc) is 2.32. The van der Waals surface area contributed by atoms with Crippen LogP contribution in [0.5, 0.6) is 0 Å². The second-order valence-corrected chi connectivity index (χ2v) is 5.08. The molecule has 0 radical (unpaired) electrons. The van der Waals surface area contributed by atoms with Crippen molar-refractivity contribution in [3.63, 3.8) is 0 Å². The highest BCUT2D eigenvalue weighted by Crippen LogP contribution is 2.25. The first kappa shape index (κ1) is 13.3. The standard InChI is InChI=1S/C12H16ClN3O2/c13-10-1-2-12(16(17)18)9(7-10)8-15-5-3-11(14)4-6-15/h1-2,7,11H,3-6,8,14H2. The number of rotatable bonds is 3. The Morgan fingerprint density at radius 1 is 1.44 bits per heavy atom. The molecule has 1 aliphatic heterocycles. The van der Waals surface area contributed by atoms with Gasteiger partial charge < -0.3 is 5.73 Å². The van der Waals surface area contributed by atoms with Crippen LogP contribution in [0.1, 0.15) is 18.4 Å². The van der Waals surface area contributed by atoms with E-state index in [1.54, 1.807) is 12.1 Å². The molecule has 0 bridgehead atoms. The second kappa shape index (κ2) is 5.65. The molecule has 98 valence electrons. The molecule has 0 aliphatic carbocycles. The molecule has 18 heavy (non-hydrogen) atoms. The highest BCUT2D eigenvalue weighted by atomic mass is 35.5. The second-order valence-electron chi connectivity index (χ2n) is 4.64. The van der Waals surface area contributed by atoms with Crippen molar-refractivity contribution in [2.24, 2.45) is 5.73 Å². The van der Waals surface area contributed by atoms with E-state index in [0.29, 0.717) is 17.1 Å². The van der Waals surface area contributed by atoms with Gasteiger partial charge in [0, 0.05) is 29.2 Å². The first-order valence-corrected chi connectivity index (χ1v) is 6.35. The van der Waals surface area contributed by atoms with Crippen molar-refractivity contribution < 1.29 is 4.92 Å². The number of hydrogen-bond donors (Lipinski definition) is 1. The zero-order valence-electron chi connectivity index (χ0n) is 10.0. The zero-order chi connectivity index (χ0) is 13.1. The Hall–Kier alpha value is -1.17. The third-order valence-electron chi connectivity index (χ3n) is 3.26. The van der Waals surface area contributed by atoms with Crippen molar-refractivity contribution in [3.8, 4) is 0 Å². The Kier molecular flexibility index (Phi) is 4.16. The van der Waals surface area contributed by atoms with E-state index in [4.69, 9.17) is 17.3 Å². The van der Waals surface area contributed by atoms with Crippen LogP contribution in [0.3, 0.4) is 0 Å². The van der Waals surface area contributed by atoms with Gasteiger partial charge in [0.05, 0.1) is 4.92 Å². The smallest absolute Gasteiger partial charge is 0.273 e. The molecule has 0 amide bonds. The van der Waals surface area contributed by atoms with Gasteiger partial charge in [-0.3, -0.25) is 15.0 Å². The lowest BCUT2D eigenvalue weighted by Gasteiger charge is -2.29. The Morgan fingerprint density at radius 3 is 2.72 bits per heavy atom. The molecule has 0 atom stereocenters. The summed E-state index contributed by atoms with van der Waals surface area (Å²) in [6, 6.07) is 4.95. The third kappa shape index (κ3) is 3.19. The van der Waals surface area contributed by atoms with E-state index in [9.17, 15) is 10.1 Å². The van der Waals surface area contributed by atoms with Gasteiger partial charge in [-0.05, 0) is 38.1 Å². The monoisotopic (exact) mass is 269 g/mol. The predicted octanol–water partition coefficient (Wildman–Crippen LogP) is 2.17. The van der Waals surface area contributed by atoms with E-state index in [0.717, 1.165) is 25.9 Å². The summed E-state index contributed by atoms with van der Waals surface area (Å²) in [5, 5.41) is 11.5. The maximum atomic E-state index is 11.0. The zero-order valence-corrected chi connectivity index (χ0v) is 10.8. The lowest BCUT2D eigenvalue weighted by Crippen LogP contribution is -2.39. The van der Waals surface area contributed by atoms with Crippen molar-refractivity contribution in [2.75, 3.05) is 13.1 Å². The summed E-state index contributed by atoms with van der Waals surface area (Å²) in [7, 11) is 0. The largest absolute Gasteiger partial charge is 0.328 e. The molecule has 2 N–H and O–H groups in total. The van der Waals surface area contributed by atoms with Crippen molar-refractivity contribution in [2.45, 2.75) is 25.4 Å². The van der Waals surface area contributed by atoms with Gasteiger partial charge in [-0.25, -0.2) is 0 Å². The average molecular weight is 270 g/mol. The van der Waals surface area contributed by atoms with Gasteiger partial charge in [-0.15, -0.1) is 0 Å².